The Bertz CT molecular complexity index is 1270. The molecule has 0 fully saturated rings. The fourth-order valence-electron chi connectivity index (χ4n) is 3.35. The first kappa shape index (κ1) is 23.5. The summed E-state index contributed by atoms with van der Waals surface area (Å²) in [6.45, 7) is 0.477. The Morgan fingerprint density at radius 3 is 2.47 bits per heavy atom. The van der Waals surface area contributed by atoms with Gasteiger partial charge in [-0.15, -0.1) is 11.3 Å². The molecule has 3 aromatic carbocycles. The van der Waals surface area contributed by atoms with E-state index in [9.17, 15) is 18.0 Å². The van der Waals surface area contributed by atoms with Crippen molar-refractivity contribution < 1.29 is 22.7 Å². The van der Waals surface area contributed by atoms with Gasteiger partial charge in [0.15, 0.2) is 0 Å². The molecule has 1 amide bonds. The molecule has 0 aliphatic rings. The summed E-state index contributed by atoms with van der Waals surface area (Å²) < 4.78 is 44.5. The van der Waals surface area contributed by atoms with E-state index in [-0.39, 0.29) is 12.5 Å². The normalized spacial score (nSPS) is 11.3. The Kier molecular flexibility index (Phi) is 6.98. The molecule has 0 spiro atoms. The number of alkyl halides is 3. The average Bonchev–Trinajstić information content (AvgIpc) is 3.33. The topological polar surface area (TPSA) is 42.4 Å². The van der Waals surface area contributed by atoms with E-state index in [1.807, 2.05) is 36.4 Å². The number of carbonyl (C=O) groups is 1. The molecule has 34 heavy (non-hydrogen) atoms. The van der Waals surface area contributed by atoms with Gasteiger partial charge in [0.2, 0.25) is 0 Å². The fraction of sp³-hybridized carbons (Fsp3) is 0.154. The van der Waals surface area contributed by atoms with Crippen molar-refractivity contribution in [3.8, 4) is 16.3 Å². The van der Waals surface area contributed by atoms with E-state index in [1.54, 1.807) is 41.6 Å². The number of benzene rings is 3. The number of hydrogen-bond acceptors (Lipinski definition) is 4. The Morgan fingerprint density at radius 1 is 0.971 bits per heavy atom. The molecule has 0 saturated heterocycles. The van der Waals surface area contributed by atoms with E-state index >= 15 is 0 Å². The van der Waals surface area contributed by atoms with Crippen LogP contribution < -0.4 is 4.74 Å². The monoisotopic (exact) mass is 482 g/mol. The molecule has 0 N–H and O–H groups in total. The van der Waals surface area contributed by atoms with Crippen LogP contribution in [0.5, 0.6) is 5.75 Å². The molecule has 1 aromatic heterocycles. The van der Waals surface area contributed by atoms with Crippen molar-refractivity contribution in [3.63, 3.8) is 0 Å². The molecule has 0 saturated carbocycles. The van der Waals surface area contributed by atoms with E-state index in [4.69, 9.17) is 4.74 Å². The van der Waals surface area contributed by atoms with Crippen molar-refractivity contribution >= 4 is 17.2 Å². The van der Waals surface area contributed by atoms with Crippen LogP contribution in [0.3, 0.4) is 0 Å². The minimum atomic E-state index is -4.40. The van der Waals surface area contributed by atoms with Crippen LogP contribution in [0.4, 0.5) is 13.2 Å². The highest BCUT2D eigenvalue weighted by Gasteiger charge is 2.30. The summed E-state index contributed by atoms with van der Waals surface area (Å²) in [6.07, 6.45) is -4.40. The number of ether oxygens (including phenoxy) is 1. The summed E-state index contributed by atoms with van der Waals surface area (Å²) in [5.41, 5.74) is 1.85. The maximum atomic E-state index is 12.9. The van der Waals surface area contributed by atoms with Crippen molar-refractivity contribution in [2.24, 2.45) is 0 Å². The average molecular weight is 483 g/mol. The Hall–Kier alpha value is -3.65. The molecule has 0 atom stereocenters. The number of thiazole rings is 1. The lowest BCUT2D eigenvalue weighted by Gasteiger charge is -2.15. The summed E-state index contributed by atoms with van der Waals surface area (Å²) in [6, 6.07) is 21.9. The zero-order valence-electron chi connectivity index (χ0n) is 18.3. The van der Waals surface area contributed by atoms with Crippen LogP contribution in [-0.4, -0.2) is 22.8 Å². The highest BCUT2D eigenvalue weighted by molar-refractivity contribution is 7.13. The Labute approximate surface area is 199 Å². The summed E-state index contributed by atoms with van der Waals surface area (Å²) in [4.78, 5) is 18.9. The highest BCUT2D eigenvalue weighted by atomic mass is 32.1. The first-order chi connectivity index (χ1) is 16.3. The highest BCUT2D eigenvalue weighted by Crippen LogP contribution is 2.30. The number of amides is 1. The molecule has 1 heterocycles. The third kappa shape index (κ3) is 5.82. The number of nitrogens with zero attached hydrogens (tertiary/aromatic N) is 2. The second-order valence-corrected chi connectivity index (χ2v) is 8.56. The lowest BCUT2D eigenvalue weighted by atomic mass is 10.1. The van der Waals surface area contributed by atoms with E-state index < -0.39 is 11.7 Å². The van der Waals surface area contributed by atoms with Crippen LogP contribution in [-0.2, 0) is 19.3 Å². The molecule has 8 heteroatoms. The molecule has 4 aromatic rings. The molecule has 0 radical (unpaired) electrons. The summed E-state index contributed by atoms with van der Waals surface area (Å²) in [5, 5.41) is 2.37. The standard InChI is InChI=1S/C26H21F3N2O2S/c1-31(15-18-7-3-2-4-8-18)25(32)23-17-34-24(30-23)20-10-6-12-22(14-20)33-16-19-9-5-11-21(13-19)26(27,28)29/h2-14,17H,15-16H2,1H3. The van der Waals surface area contributed by atoms with Crippen molar-refractivity contribution in [1.82, 2.24) is 9.88 Å². The lowest BCUT2D eigenvalue weighted by Crippen LogP contribution is -2.26. The fourth-order valence-corrected chi connectivity index (χ4v) is 4.14. The van der Waals surface area contributed by atoms with Crippen molar-refractivity contribution in [3.05, 3.63) is 107 Å². The molecule has 174 valence electrons. The summed E-state index contributed by atoms with van der Waals surface area (Å²) in [7, 11) is 1.73. The largest absolute Gasteiger partial charge is 0.489 e. The lowest BCUT2D eigenvalue weighted by molar-refractivity contribution is -0.137. The van der Waals surface area contributed by atoms with Crippen LogP contribution in [0.2, 0.25) is 0 Å². The number of hydrogen-bond donors (Lipinski definition) is 0. The van der Waals surface area contributed by atoms with Gasteiger partial charge in [-0.05, 0) is 35.4 Å². The molecule has 4 rings (SSSR count). The third-order valence-electron chi connectivity index (χ3n) is 5.07. The first-order valence-corrected chi connectivity index (χ1v) is 11.3. The minimum Gasteiger partial charge on any atom is -0.489 e. The van der Waals surface area contributed by atoms with Gasteiger partial charge < -0.3 is 9.64 Å². The van der Waals surface area contributed by atoms with Crippen LogP contribution in [0.15, 0.2) is 84.2 Å². The first-order valence-electron chi connectivity index (χ1n) is 10.4. The quantitative estimate of drug-likeness (QED) is 0.295. The van der Waals surface area contributed by atoms with E-state index in [0.29, 0.717) is 28.6 Å². The van der Waals surface area contributed by atoms with Crippen LogP contribution in [0.1, 0.15) is 27.2 Å². The molecule has 0 aliphatic heterocycles. The molecular weight excluding hydrogens is 461 g/mol. The number of halogens is 3. The van der Waals surface area contributed by atoms with Gasteiger partial charge in [0.1, 0.15) is 23.1 Å². The maximum absolute atomic E-state index is 12.9. The molecule has 0 bridgehead atoms. The van der Waals surface area contributed by atoms with E-state index in [2.05, 4.69) is 4.98 Å². The van der Waals surface area contributed by atoms with Crippen molar-refractivity contribution in [1.29, 1.82) is 0 Å². The molecular formula is C26H21F3N2O2S. The zero-order chi connectivity index (χ0) is 24.1. The SMILES string of the molecule is CN(Cc1ccccc1)C(=O)c1csc(-c2cccc(OCc3cccc(C(F)(F)F)c3)c2)n1. The van der Waals surface area contributed by atoms with Crippen LogP contribution in [0, 0.1) is 0 Å². The zero-order valence-corrected chi connectivity index (χ0v) is 19.1. The van der Waals surface area contributed by atoms with Gasteiger partial charge in [0, 0.05) is 24.5 Å². The minimum absolute atomic E-state index is 0.000735. The molecule has 0 unspecified atom stereocenters. The second-order valence-electron chi connectivity index (χ2n) is 7.70. The second kappa shape index (κ2) is 10.1. The van der Waals surface area contributed by atoms with Gasteiger partial charge in [-0.1, -0.05) is 54.6 Å². The van der Waals surface area contributed by atoms with Gasteiger partial charge in [-0.25, -0.2) is 4.98 Å². The predicted octanol–water partition coefficient (Wildman–Crippen LogP) is 6.68. The van der Waals surface area contributed by atoms with Crippen molar-refractivity contribution in [2.75, 3.05) is 7.05 Å². The molecule has 0 aliphatic carbocycles. The maximum Gasteiger partial charge on any atom is 0.416 e. The number of rotatable bonds is 7. The van der Waals surface area contributed by atoms with Gasteiger partial charge >= 0.3 is 6.18 Å². The van der Waals surface area contributed by atoms with Crippen molar-refractivity contribution in [2.45, 2.75) is 19.3 Å². The Balaban J connectivity index is 1.43. The van der Waals surface area contributed by atoms with Gasteiger partial charge in [-0.3, -0.25) is 4.79 Å². The van der Waals surface area contributed by atoms with E-state index in [1.165, 1.54) is 17.4 Å². The third-order valence-corrected chi connectivity index (χ3v) is 5.96. The Morgan fingerprint density at radius 2 is 1.71 bits per heavy atom. The van der Waals surface area contributed by atoms with Crippen LogP contribution in [0.25, 0.3) is 10.6 Å². The number of carbonyl (C=O) groups excluding carboxylic acids is 1. The van der Waals surface area contributed by atoms with Gasteiger partial charge in [0.25, 0.3) is 5.91 Å². The summed E-state index contributed by atoms with van der Waals surface area (Å²) in [5.74, 6) is 0.322. The smallest absolute Gasteiger partial charge is 0.416 e. The molecule has 4 nitrogen and oxygen atoms in total. The predicted molar refractivity (Wildman–Crippen MR) is 126 cm³/mol. The van der Waals surface area contributed by atoms with Gasteiger partial charge in [-0.2, -0.15) is 13.2 Å². The summed E-state index contributed by atoms with van der Waals surface area (Å²) >= 11 is 1.34. The number of aromatic nitrogens is 1. The van der Waals surface area contributed by atoms with E-state index in [0.717, 1.165) is 23.3 Å². The van der Waals surface area contributed by atoms with Gasteiger partial charge in [0.05, 0.1) is 5.56 Å². The van der Waals surface area contributed by atoms with Crippen LogP contribution >= 0.6 is 11.3 Å².